The molecule has 0 radical (unpaired) electrons. The van der Waals surface area contributed by atoms with Crippen molar-refractivity contribution < 1.29 is 113 Å². The van der Waals surface area contributed by atoms with Gasteiger partial charge in [-0.3, -0.25) is 71.9 Å². The van der Waals surface area contributed by atoms with Crippen molar-refractivity contribution in [3.8, 4) is 0 Å². The lowest BCUT2D eigenvalue weighted by Crippen LogP contribution is -2.57. The van der Waals surface area contributed by atoms with Gasteiger partial charge in [-0.25, -0.2) is 0 Å². The molecule has 0 aliphatic rings. The number of amides is 13. The molecule has 38 nitrogen and oxygen atoms in total. The van der Waals surface area contributed by atoms with Crippen LogP contribution in [-0.2, 0) is 71.9 Å². The summed E-state index contributed by atoms with van der Waals surface area (Å²) in [6.07, 6.45) is -1.99. The fourth-order valence-electron chi connectivity index (χ4n) is 5.25. The van der Waals surface area contributed by atoms with Crippen LogP contribution < -0.4 is 80.6 Å². The number of nitrogens with two attached hydrogens (primary N) is 2. The number of aliphatic hydroxyl groups is 7. The van der Waals surface area contributed by atoms with E-state index in [4.69, 9.17) is 16.6 Å². The van der Waals surface area contributed by atoms with E-state index in [2.05, 4.69) is 0 Å². The predicted molar refractivity (Wildman–Crippen MR) is 245 cm³/mol. The van der Waals surface area contributed by atoms with Gasteiger partial charge in [0.25, 0.3) is 0 Å². The van der Waals surface area contributed by atoms with E-state index in [-0.39, 0.29) is 0 Å². The summed E-state index contributed by atoms with van der Waals surface area (Å²) in [5, 5.41) is 102. The molecule has 25 N–H and O–H groups in total. The Bertz CT molecular complexity index is 2100. The lowest BCUT2D eigenvalue weighted by Gasteiger charge is -2.20. The molecule has 0 rings (SSSR count). The number of carbonyl (C=O) groups excluding carboxylic acids is 14. The van der Waals surface area contributed by atoms with Crippen molar-refractivity contribution in [3.05, 3.63) is 0 Å². The zero-order chi connectivity index (χ0) is 58.2. The van der Waals surface area contributed by atoms with Crippen LogP contribution in [0.1, 0.15) is 6.92 Å². The van der Waals surface area contributed by atoms with E-state index in [1.165, 1.54) is 6.92 Å². The van der Waals surface area contributed by atoms with E-state index in [0.717, 1.165) is 0 Å². The number of Topliss-reactive ketones (excluding diaryl/α,β-unsaturated/α-hetero) is 1. The Kier molecular flexibility index (Phi) is 32.1. The highest BCUT2D eigenvalue weighted by Gasteiger charge is 2.32. The van der Waals surface area contributed by atoms with Crippen molar-refractivity contribution in [3.63, 3.8) is 0 Å². The number of hydrogen-bond donors (Lipinski definition) is 23. The monoisotopic (exact) mass is 1100 g/mol. The van der Waals surface area contributed by atoms with Crippen LogP contribution >= 0.6 is 0 Å². The van der Waals surface area contributed by atoms with Crippen LogP contribution in [0.2, 0.25) is 0 Å². The van der Waals surface area contributed by atoms with Crippen LogP contribution in [0.3, 0.4) is 0 Å². The summed E-state index contributed by atoms with van der Waals surface area (Å²) in [7, 11) is 0. The molecule has 0 fully saturated rings. The first-order valence-corrected chi connectivity index (χ1v) is 22.0. The average Bonchev–Trinajstić information content (AvgIpc) is 3.39. The predicted octanol–water partition coefficient (Wildman–Crippen LogP) is -17.6. The smallest absolute Gasteiger partial charge is 0.322 e. The summed E-state index contributed by atoms with van der Waals surface area (Å²) in [4.78, 5) is 183. The number of carbonyl (C=O) groups is 15. The number of carboxylic acids is 1. The van der Waals surface area contributed by atoms with Gasteiger partial charge in [0.1, 0.15) is 54.9 Å². The van der Waals surface area contributed by atoms with Crippen molar-refractivity contribution >= 4 is 88.5 Å². The van der Waals surface area contributed by atoms with Crippen molar-refractivity contribution in [2.75, 3.05) is 85.5 Å². The van der Waals surface area contributed by atoms with Crippen molar-refractivity contribution in [1.82, 2.24) is 69.1 Å². The van der Waals surface area contributed by atoms with Gasteiger partial charge in [0.2, 0.25) is 76.8 Å². The molecule has 0 aromatic rings. The highest BCUT2D eigenvalue weighted by molar-refractivity contribution is 5.98. The molecule has 76 heavy (non-hydrogen) atoms. The van der Waals surface area contributed by atoms with Gasteiger partial charge in [-0.05, 0) is 6.92 Å². The Morgan fingerprint density at radius 2 is 0.526 bits per heavy atom. The first kappa shape index (κ1) is 67.9. The lowest BCUT2D eigenvalue weighted by molar-refractivity contribution is -0.138. The largest absolute Gasteiger partial charge is 0.480 e. The van der Waals surface area contributed by atoms with Crippen molar-refractivity contribution in [2.45, 2.75) is 61.4 Å². The number of aliphatic carboxylic acids is 1. The van der Waals surface area contributed by atoms with Crippen LogP contribution in [0.25, 0.3) is 0 Å². The molecule has 428 valence electrons. The third kappa shape index (κ3) is 26.2. The Morgan fingerprint density at radius 3 is 0.697 bits per heavy atom. The van der Waals surface area contributed by atoms with E-state index >= 15 is 0 Å². The number of carboxylic acid groups (broad SMARTS) is 1. The third-order valence-electron chi connectivity index (χ3n) is 9.34. The quantitative estimate of drug-likeness (QED) is 0.0277. The molecule has 0 aromatic heterocycles. The fourth-order valence-corrected chi connectivity index (χ4v) is 5.25. The Labute approximate surface area is 428 Å². The molecular formula is C38H63N15O23. The van der Waals surface area contributed by atoms with E-state index in [1.54, 1.807) is 0 Å². The van der Waals surface area contributed by atoms with E-state index in [0.29, 0.717) is 0 Å². The molecular weight excluding hydrogens is 1030 g/mol. The van der Waals surface area contributed by atoms with Gasteiger partial charge in [-0.15, -0.1) is 0 Å². The van der Waals surface area contributed by atoms with Gasteiger partial charge < -0.3 is 121 Å². The second-order valence-electron chi connectivity index (χ2n) is 15.4. The van der Waals surface area contributed by atoms with Crippen molar-refractivity contribution in [1.29, 1.82) is 0 Å². The van der Waals surface area contributed by atoms with E-state index in [1.807, 2.05) is 69.1 Å². The number of hydrogen-bond acceptors (Lipinski definition) is 24. The Hall–Kier alpha value is -8.11. The molecule has 0 aliphatic heterocycles. The number of aliphatic hydroxyl groups excluding tert-OH is 7. The summed E-state index contributed by atoms with van der Waals surface area (Å²) in [5.74, 6) is -17.0. The molecule has 0 aliphatic carbocycles. The molecule has 0 saturated carbocycles. The molecule has 9 atom stereocenters. The van der Waals surface area contributed by atoms with E-state index < -0.39 is 228 Å². The third-order valence-corrected chi connectivity index (χ3v) is 9.34. The van der Waals surface area contributed by atoms with Crippen LogP contribution in [0.4, 0.5) is 0 Å². The van der Waals surface area contributed by atoms with Crippen LogP contribution in [-0.4, -0.2) is 269 Å². The normalized spacial score (nSPS) is 14.2. The maximum atomic E-state index is 12.6. The summed E-state index contributed by atoms with van der Waals surface area (Å²) >= 11 is 0. The summed E-state index contributed by atoms with van der Waals surface area (Å²) < 4.78 is 0. The molecule has 0 saturated heterocycles. The summed E-state index contributed by atoms with van der Waals surface area (Å²) in [6.45, 7) is -11.2. The molecule has 0 aromatic carbocycles. The molecule has 0 heterocycles. The number of rotatable bonds is 36. The summed E-state index contributed by atoms with van der Waals surface area (Å²) in [5.41, 5.74) is 10.8. The lowest BCUT2D eigenvalue weighted by atomic mass is 10.0. The van der Waals surface area contributed by atoms with Crippen LogP contribution in [0.5, 0.6) is 0 Å². The molecule has 1 unspecified atom stereocenters. The highest BCUT2D eigenvalue weighted by atomic mass is 16.4. The first-order valence-electron chi connectivity index (χ1n) is 22.0. The second-order valence-corrected chi connectivity index (χ2v) is 15.4. The molecule has 13 amide bonds. The first-order chi connectivity index (χ1) is 35.7. The Balaban J connectivity index is 4.92. The van der Waals surface area contributed by atoms with Gasteiger partial charge in [-0.1, -0.05) is 0 Å². The zero-order valence-corrected chi connectivity index (χ0v) is 40.2. The zero-order valence-electron chi connectivity index (χ0n) is 40.2. The summed E-state index contributed by atoms with van der Waals surface area (Å²) in [6, 6.07) is -13.2. The van der Waals surface area contributed by atoms with Crippen LogP contribution in [0.15, 0.2) is 0 Å². The minimum Gasteiger partial charge on any atom is -0.480 e. The minimum absolute atomic E-state index is 0.821. The SMILES string of the molecule is C[C@H](N)C(=O)C(O)[C@H](N)C(=O)NCC(=O)N[C@@H](CO)C(=O)NCC(=O)N[C@@H](CO)C(=O)NCC(=O)N[C@@H](CO)C(=O)NCC(=O)N[C@@H](CO)C(=O)NCC(=O)N[C@@H](CO)C(=O)NCC(=O)N[C@@H](CO)C(=O)NCC(=O)O. The van der Waals surface area contributed by atoms with Crippen molar-refractivity contribution in [2.24, 2.45) is 11.5 Å². The standard InChI is InChI=1S/C38H63N15O23/c1-15(39)30(68)31(69)29(40)38(76)46-7-27(65)52-20(13-58)36(74)44-5-25(63)50-18(11-56)34(72)42-3-23(61)48-16(9-54)32(70)41-2-22(60)49-17(10-55)33(71)43-4-24(62)51-19(12-57)35(73)45-6-26(64)53-21(14-59)37(75)47-8-28(66)67/h15-21,29,31,54-59,69H,2-14,39-40H2,1H3,(H,41,70)(H,42,72)(H,43,71)(H,44,74)(H,45,73)(H,46,76)(H,47,75)(H,48,61)(H,49,60)(H,50,63)(H,51,62)(H,52,65)(H,53,64)(H,66,67)/t15-,16-,17-,18-,19-,20-,21-,29-,31?/m0/s1. The number of ketones is 1. The topological polar surface area (TPSA) is 626 Å². The van der Waals surface area contributed by atoms with Gasteiger partial charge in [0.05, 0.1) is 85.0 Å². The average molecular weight is 1100 g/mol. The molecule has 0 spiro atoms. The second kappa shape index (κ2) is 35.9. The van der Waals surface area contributed by atoms with Gasteiger partial charge >= 0.3 is 5.97 Å². The van der Waals surface area contributed by atoms with Gasteiger partial charge in [-0.2, -0.15) is 0 Å². The number of nitrogens with one attached hydrogen (secondary N) is 13. The fraction of sp³-hybridized carbons (Fsp3) is 0.605. The molecule has 38 heteroatoms. The maximum absolute atomic E-state index is 12.6. The van der Waals surface area contributed by atoms with Gasteiger partial charge in [0, 0.05) is 0 Å². The molecule has 0 bridgehead atoms. The van der Waals surface area contributed by atoms with Crippen LogP contribution in [0, 0.1) is 0 Å². The maximum Gasteiger partial charge on any atom is 0.322 e. The minimum atomic E-state index is -1.99. The Morgan fingerprint density at radius 1 is 0.342 bits per heavy atom. The highest BCUT2D eigenvalue weighted by Crippen LogP contribution is 1.97. The van der Waals surface area contributed by atoms with Gasteiger partial charge in [0.15, 0.2) is 5.78 Å². The van der Waals surface area contributed by atoms with E-state index in [9.17, 15) is 108 Å².